The fraction of sp³-hybridized carbons (Fsp3) is 0.615. The Labute approximate surface area is 117 Å². The number of hydrogen-bond donors (Lipinski definition) is 2. The number of rotatable bonds is 2. The first-order valence-electron chi connectivity index (χ1n) is 7.01. The van der Waals surface area contributed by atoms with Crippen molar-refractivity contribution in [2.24, 2.45) is 0 Å². The summed E-state index contributed by atoms with van der Waals surface area (Å²) in [5.74, 6) is 1.29. The van der Waals surface area contributed by atoms with Crippen molar-refractivity contribution in [3.8, 4) is 0 Å². The van der Waals surface area contributed by atoms with E-state index in [0.717, 1.165) is 31.7 Å². The standard InChI is InChI=1S/C13H19N5O2/c14-13-15-10(17-4-2-1-3-5-17)7-11(16-13)18-8-9(19)6-12(18)20/h7,9,19H,1-6,8H2,(H2,14,15,16). The first-order valence-corrected chi connectivity index (χ1v) is 7.01. The smallest absolute Gasteiger partial charge is 0.230 e. The molecule has 2 aliphatic heterocycles. The molecule has 2 aliphatic rings. The van der Waals surface area contributed by atoms with E-state index in [1.165, 1.54) is 11.3 Å². The third-order valence-corrected chi connectivity index (χ3v) is 3.78. The maximum Gasteiger partial charge on any atom is 0.230 e. The fourth-order valence-electron chi connectivity index (χ4n) is 2.77. The number of aliphatic hydroxyl groups excluding tert-OH is 1. The quantitative estimate of drug-likeness (QED) is 0.798. The lowest BCUT2D eigenvalue weighted by Crippen LogP contribution is -2.32. The molecule has 0 bridgehead atoms. The molecule has 3 rings (SSSR count). The molecule has 1 unspecified atom stereocenters. The van der Waals surface area contributed by atoms with Gasteiger partial charge < -0.3 is 15.7 Å². The normalized spacial score (nSPS) is 23.4. The minimum absolute atomic E-state index is 0.125. The van der Waals surface area contributed by atoms with E-state index in [1.807, 2.05) is 0 Å². The number of amides is 1. The molecule has 1 aromatic heterocycles. The Morgan fingerprint density at radius 3 is 2.55 bits per heavy atom. The zero-order valence-corrected chi connectivity index (χ0v) is 11.3. The SMILES string of the molecule is Nc1nc(N2CCCCC2)cc(N2CC(O)CC2=O)n1. The number of aromatic nitrogens is 2. The molecule has 0 spiro atoms. The molecule has 0 saturated carbocycles. The highest BCUT2D eigenvalue weighted by Gasteiger charge is 2.30. The number of β-amino-alcohol motifs (C(OH)–C–C–N with tert-alkyl or cyclic N) is 1. The van der Waals surface area contributed by atoms with Crippen molar-refractivity contribution in [3.05, 3.63) is 6.07 Å². The molecule has 0 aliphatic carbocycles. The minimum atomic E-state index is -0.628. The summed E-state index contributed by atoms with van der Waals surface area (Å²) in [6.45, 7) is 2.17. The zero-order chi connectivity index (χ0) is 14.1. The molecule has 1 aromatic rings. The van der Waals surface area contributed by atoms with Gasteiger partial charge in [0.15, 0.2) is 0 Å². The Bertz CT molecular complexity index is 515. The van der Waals surface area contributed by atoms with Crippen molar-refractivity contribution >= 4 is 23.5 Å². The topological polar surface area (TPSA) is 95.6 Å². The summed E-state index contributed by atoms with van der Waals surface area (Å²) in [5, 5.41) is 9.57. The van der Waals surface area contributed by atoms with Crippen molar-refractivity contribution in [1.82, 2.24) is 9.97 Å². The lowest BCUT2D eigenvalue weighted by Gasteiger charge is -2.28. The first kappa shape index (κ1) is 13.1. The third kappa shape index (κ3) is 2.53. The van der Waals surface area contributed by atoms with Gasteiger partial charge in [-0.1, -0.05) is 0 Å². The largest absolute Gasteiger partial charge is 0.391 e. The lowest BCUT2D eigenvalue weighted by atomic mass is 10.1. The van der Waals surface area contributed by atoms with Crippen LogP contribution in [0.1, 0.15) is 25.7 Å². The van der Waals surface area contributed by atoms with Crippen LogP contribution in [0.15, 0.2) is 6.07 Å². The molecule has 1 amide bonds. The van der Waals surface area contributed by atoms with E-state index in [0.29, 0.717) is 5.82 Å². The van der Waals surface area contributed by atoms with Crippen LogP contribution in [-0.4, -0.2) is 46.7 Å². The molecule has 3 N–H and O–H groups in total. The van der Waals surface area contributed by atoms with Crippen LogP contribution in [0.2, 0.25) is 0 Å². The van der Waals surface area contributed by atoms with E-state index in [-0.39, 0.29) is 24.8 Å². The van der Waals surface area contributed by atoms with E-state index in [1.54, 1.807) is 6.07 Å². The molecule has 3 heterocycles. The molecule has 0 aromatic carbocycles. The van der Waals surface area contributed by atoms with Gasteiger partial charge >= 0.3 is 0 Å². The number of nitrogen functional groups attached to an aromatic ring is 1. The molecule has 7 heteroatoms. The van der Waals surface area contributed by atoms with Gasteiger partial charge in [0.05, 0.1) is 19.1 Å². The summed E-state index contributed by atoms with van der Waals surface area (Å²) in [6, 6.07) is 1.79. The van der Waals surface area contributed by atoms with Crippen LogP contribution in [0.25, 0.3) is 0 Å². The summed E-state index contributed by atoms with van der Waals surface area (Å²) in [4.78, 5) is 23.9. The minimum Gasteiger partial charge on any atom is -0.391 e. The van der Waals surface area contributed by atoms with Crippen LogP contribution in [-0.2, 0) is 4.79 Å². The van der Waals surface area contributed by atoms with Gasteiger partial charge in [0.2, 0.25) is 11.9 Å². The predicted molar refractivity (Wildman–Crippen MR) is 75.5 cm³/mol. The average Bonchev–Trinajstić information content (AvgIpc) is 2.78. The summed E-state index contributed by atoms with van der Waals surface area (Å²) in [6.07, 6.45) is 3.03. The molecular weight excluding hydrogens is 258 g/mol. The van der Waals surface area contributed by atoms with Crippen LogP contribution in [0.5, 0.6) is 0 Å². The predicted octanol–water partition coefficient (Wildman–Crippen LogP) is 0.147. The van der Waals surface area contributed by atoms with Crippen molar-refractivity contribution in [2.45, 2.75) is 31.8 Å². The highest BCUT2D eigenvalue weighted by atomic mass is 16.3. The highest BCUT2D eigenvalue weighted by molar-refractivity contribution is 5.95. The summed E-state index contributed by atoms with van der Waals surface area (Å²) < 4.78 is 0. The van der Waals surface area contributed by atoms with Crippen molar-refractivity contribution in [2.75, 3.05) is 35.2 Å². The second-order valence-corrected chi connectivity index (χ2v) is 5.35. The average molecular weight is 277 g/mol. The van der Waals surface area contributed by atoms with E-state index in [4.69, 9.17) is 5.73 Å². The molecular formula is C13H19N5O2. The number of nitrogens with zero attached hydrogens (tertiary/aromatic N) is 4. The number of nitrogens with two attached hydrogens (primary N) is 1. The monoisotopic (exact) mass is 277 g/mol. The van der Waals surface area contributed by atoms with Crippen LogP contribution < -0.4 is 15.5 Å². The summed E-state index contributed by atoms with van der Waals surface area (Å²) >= 11 is 0. The second kappa shape index (κ2) is 5.24. The Morgan fingerprint density at radius 1 is 1.20 bits per heavy atom. The number of anilines is 3. The van der Waals surface area contributed by atoms with Crippen molar-refractivity contribution in [1.29, 1.82) is 0 Å². The maximum absolute atomic E-state index is 11.8. The van der Waals surface area contributed by atoms with Gasteiger partial charge in [0.1, 0.15) is 11.6 Å². The van der Waals surface area contributed by atoms with Gasteiger partial charge in [-0.05, 0) is 19.3 Å². The Kier molecular flexibility index (Phi) is 3.43. The number of carbonyl (C=O) groups is 1. The Balaban J connectivity index is 1.88. The van der Waals surface area contributed by atoms with Crippen LogP contribution in [0, 0.1) is 0 Å². The van der Waals surface area contributed by atoms with Gasteiger partial charge in [-0.25, -0.2) is 0 Å². The van der Waals surface area contributed by atoms with Crippen LogP contribution >= 0.6 is 0 Å². The van der Waals surface area contributed by atoms with Gasteiger partial charge in [0.25, 0.3) is 0 Å². The third-order valence-electron chi connectivity index (χ3n) is 3.78. The molecule has 7 nitrogen and oxygen atoms in total. The van der Waals surface area contributed by atoms with Gasteiger partial charge in [-0.2, -0.15) is 9.97 Å². The van der Waals surface area contributed by atoms with E-state index in [2.05, 4.69) is 14.9 Å². The molecule has 2 saturated heterocycles. The van der Waals surface area contributed by atoms with Gasteiger partial charge in [0, 0.05) is 19.2 Å². The van der Waals surface area contributed by atoms with Crippen LogP contribution in [0.3, 0.4) is 0 Å². The van der Waals surface area contributed by atoms with Crippen molar-refractivity contribution < 1.29 is 9.90 Å². The molecule has 20 heavy (non-hydrogen) atoms. The molecule has 0 radical (unpaired) electrons. The van der Waals surface area contributed by atoms with Crippen molar-refractivity contribution in [3.63, 3.8) is 0 Å². The molecule has 108 valence electrons. The Hall–Kier alpha value is -1.89. The van der Waals surface area contributed by atoms with E-state index in [9.17, 15) is 9.90 Å². The first-order chi connectivity index (χ1) is 9.63. The van der Waals surface area contributed by atoms with Gasteiger partial charge in [-0.3, -0.25) is 9.69 Å². The fourth-order valence-corrected chi connectivity index (χ4v) is 2.77. The van der Waals surface area contributed by atoms with E-state index >= 15 is 0 Å². The van der Waals surface area contributed by atoms with Gasteiger partial charge in [-0.15, -0.1) is 0 Å². The summed E-state index contributed by atoms with van der Waals surface area (Å²) in [5.41, 5.74) is 5.76. The van der Waals surface area contributed by atoms with E-state index < -0.39 is 6.10 Å². The highest BCUT2D eigenvalue weighted by Crippen LogP contribution is 2.25. The number of hydrogen-bond acceptors (Lipinski definition) is 6. The molecule has 2 fully saturated rings. The maximum atomic E-state index is 11.8. The number of piperidine rings is 1. The van der Waals surface area contributed by atoms with Crippen LogP contribution in [0.4, 0.5) is 17.6 Å². The lowest BCUT2D eigenvalue weighted by molar-refractivity contribution is -0.117. The zero-order valence-electron chi connectivity index (χ0n) is 11.3. The number of aliphatic hydroxyl groups is 1. The summed E-state index contributed by atoms with van der Waals surface area (Å²) in [7, 11) is 0. The second-order valence-electron chi connectivity index (χ2n) is 5.35. The Morgan fingerprint density at radius 2 is 1.90 bits per heavy atom. The molecule has 1 atom stereocenters. The number of carbonyl (C=O) groups excluding carboxylic acids is 1.